The van der Waals surface area contributed by atoms with Crippen LogP contribution in [0.3, 0.4) is 0 Å². The summed E-state index contributed by atoms with van der Waals surface area (Å²) in [6.07, 6.45) is 0. The van der Waals surface area contributed by atoms with E-state index in [-0.39, 0.29) is 30.3 Å². The van der Waals surface area contributed by atoms with E-state index in [9.17, 15) is 4.79 Å². The Balaban J connectivity index is 0.00000361. The zero-order valence-electron chi connectivity index (χ0n) is 12.6. The number of rotatable bonds is 6. The molecule has 1 amide bonds. The molecule has 0 fully saturated rings. The summed E-state index contributed by atoms with van der Waals surface area (Å²) in [7, 11) is 0. The molecule has 0 aliphatic heterocycles. The molecule has 0 aromatic heterocycles. The van der Waals surface area contributed by atoms with E-state index in [1.807, 2.05) is 39.8 Å². The quantitative estimate of drug-likeness (QED) is 0.792. The second-order valence-electron chi connectivity index (χ2n) is 5.11. The van der Waals surface area contributed by atoms with Crippen molar-refractivity contribution >= 4 is 18.3 Å². The summed E-state index contributed by atoms with van der Waals surface area (Å²) in [6.45, 7) is 8.67. The van der Waals surface area contributed by atoms with Crippen molar-refractivity contribution in [2.24, 2.45) is 11.7 Å². The number of nitrogens with two attached hydrogens (primary N) is 1. The normalized spacial score (nSPS) is 13.1. The average molecular weight is 301 g/mol. The Morgan fingerprint density at radius 2 is 1.80 bits per heavy atom. The summed E-state index contributed by atoms with van der Waals surface area (Å²) < 4.78 is 5.61. The maximum absolute atomic E-state index is 11.7. The monoisotopic (exact) mass is 300 g/mol. The van der Waals surface area contributed by atoms with E-state index in [1.165, 1.54) is 11.1 Å². The minimum absolute atomic E-state index is 0. The van der Waals surface area contributed by atoms with Crippen LogP contribution in [0.15, 0.2) is 18.2 Å². The number of hydrogen-bond acceptors (Lipinski definition) is 3. The second kappa shape index (κ2) is 8.82. The van der Waals surface area contributed by atoms with Crippen LogP contribution in [0.25, 0.3) is 0 Å². The van der Waals surface area contributed by atoms with Crippen LogP contribution in [0, 0.1) is 19.8 Å². The summed E-state index contributed by atoms with van der Waals surface area (Å²) in [6, 6.07) is 5.93. The molecular weight excluding hydrogens is 276 g/mol. The van der Waals surface area contributed by atoms with E-state index in [1.54, 1.807) is 0 Å². The molecule has 0 bridgehead atoms. The first kappa shape index (κ1) is 18.7. The maximum Gasteiger partial charge on any atom is 0.224 e. The van der Waals surface area contributed by atoms with Gasteiger partial charge in [0.1, 0.15) is 12.4 Å². The Hall–Kier alpha value is -1.26. The van der Waals surface area contributed by atoms with Gasteiger partial charge in [0.2, 0.25) is 5.91 Å². The summed E-state index contributed by atoms with van der Waals surface area (Å²) in [5, 5.41) is 2.82. The van der Waals surface area contributed by atoms with Gasteiger partial charge in [-0.3, -0.25) is 4.79 Å². The molecule has 5 heteroatoms. The number of amides is 1. The molecule has 0 radical (unpaired) electrons. The van der Waals surface area contributed by atoms with E-state index in [0.29, 0.717) is 13.2 Å². The van der Waals surface area contributed by atoms with Gasteiger partial charge in [0.05, 0.1) is 6.54 Å². The van der Waals surface area contributed by atoms with Gasteiger partial charge in [-0.15, -0.1) is 12.4 Å². The van der Waals surface area contributed by atoms with Crippen molar-refractivity contribution in [1.29, 1.82) is 0 Å². The number of hydrogen-bond donors (Lipinski definition) is 2. The van der Waals surface area contributed by atoms with E-state index >= 15 is 0 Å². The van der Waals surface area contributed by atoms with Gasteiger partial charge in [-0.2, -0.15) is 0 Å². The summed E-state index contributed by atoms with van der Waals surface area (Å²) in [5.74, 6) is 0.632. The predicted molar refractivity (Wildman–Crippen MR) is 84.5 cm³/mol. The predicted octanol–water partition coefficient (Wildman–Crippen LogP) is 2.20. The summed E-state index contributed by atoms with van der Waals surface area (Å²) in [5.41, 5.74) is 8.02. The molecule has 2 unspecified atom stereocenters. The second-order valence-corrected chi connectivity index (χ2v) is 5.11. The zero-order chi connectivity index (χ0) is 14.4. The molecule has 1 rings (SSSR count). The Bertz CT molecular complexity index is 416. The standard InChI is InChI=1S/C15H24N2O2.ClH/c1-10-7-11(2)9-14(8-10)19-6-5-17-15(18)12(3)13(4)16;/h7-9,12-13H,5-6,16H2,1-4H3,(H,17,18);1H. The molecule has 3 N–H and O–H groups in total. The first-order valence-electron chi connectivity index (χ1n) is 6.64. The largest absolute Gasteiger partial charge is 0.492 e. The van der Waals surface area contributed by atoms with Gasteiger partial charge in [-0.1, -0.05) is 13.0 Å². The average Bonchev–Trinajstić information content (AvgIpc) is 2.32. The lowest BCUT2D eigenvalue weighted by Crippen LogP contribution is -2.40. The molecule has 20 heavy (non-hydrogen) atoms. The van der Waals surface area contributed by atoms with Gasteiger partial charge < -0.3 is 15.8 Å². The maximum atomic E-state index is 11.7. The van der Waals surface area contributed by atoms with Crippen LogP contribution in [-0.4, -0.2) is 25.1 Å². The van der Waals surface area contributed by atoms with Crippen LogP contribution in [-0.2, 0) is 4.79 Å². The first-order chi connectivity index (χ1) is 8.90. The molecule has 1 aromatic carbocycles. The van der Waals surface area contributed by atoms with Crippen molar-refractivity contribution in [3.05, 3.63) is 29.3 Å². The van der Waals surface area contributed by atoms with Crippen LogP contribution in [0.2, 0.25) is 0 Å². The number of benzene rings is 1. The number of ether oxygens (including phenoxy) is 1. The highest BCUT2D eigenvalue weighted by Gasteiger charge is 2.15. The third-order valence-corrected chi connectivity index (χ3v) is 3.07. The SMILES string of the molecule is Cc1cc(C)cc(OCCNC(=O)C(C)C(C)N)c1.Cl. The number of carbonyl (C=O) groups excluding carboxylic acids is 1. The number of halogens is 1. The first-order valence-corrected chi connectivity index (χ1v) is 6.64. The van der Waals surface area contributed by atoms with Gasteiger partial charge in [-0.05, 0) is 44.0 Å². The smallest absolute Gasteiger partial charge is 0.224 e. The lowest BCUT2D eigenvalue weighted by atomic mass is 10.0. The molecule has 0 saturated heterocycles. The fourth-order valence-electron chi connectivity index (χ4n) is 1.76. The molecule has 0 saturated carbocycles. The van der Waals surface area contributed by atoms with Crippen LogP contribution in [0.5, 0.6) is 5.75 Å². The third-order valence-electron chi connectivity index (χ3n) is 3.07. The molecule has 0 aliphatic rings. The van der Waals surface area contributed by atoms with Crippen molar-refractivity contribution in [2.45, 2.75) is 33.7 Å². The number of aryl methyl sites for hydroxylation is 2. The van der Waals surface area contributed by atoms with Gasteiger partial charge in [0, 0.05) is 12.0 Å². The number of carbonyl (C=O) groups is 1. The molecule has 0 aliphatic carbocycles. The van der Waals surface area contributed by atoms with Crippen molar-refractivity contribution in [2.75, 3.05) is 13.2 Å². The third kappa shape index (κ3) is 6.26. The van der Waals surface area contributed by atoms with Crippen molar-refractivity contribution < 1.29 is 9.53 Å². The van der Waals surface area contributed by atoms with E-state index in [2.05, 4.69) is 11.4 Å². The Morgan fingerprint density at radius 3 is 2.30 bits per heavy atom. The highest BCUT2D eigenvalue weighted by atomic mass is 35.5. The molecule has 1 aromatic rings. The molecule has 0 spiro atoms. The minimum atomic E-state index is -0.179. The fraction of sp³-hybridized carbons (Fsp3) is 0.533. The lowest BCUT2D eigenvalue weighted by Gasteiger charge is -2.15. The molecule has 0 heterocycles. The molecule has 2 atom stereocenters. The number of nitrogens with one attached hydrogen (secondary N) is 1. The minimum Gasteiger partial charge on any atom is -0.492 e. The molecule has 114 valence electrons. The van der Waals surface area contributed by atoms with Gasteiger partial charge in [0.15, 0.2) is 0 Å². The topological polar surface area (TPSA) is 64.3 Å². The molecule has 4 nitrogen and oxygen atoms in total. The van der Waals surface area contributed by atoms with Crippen LogP contribution in [0.4, 0.5) is 0 Å². The van der Waals surface area contributed by atoms with Crippen molar-refractivity contribution in [3.8, 4) is 5.75 Å². The Morgan fingerprint density at radius 1 is 1.25 bits per heavy atom. The van der Waals surface area contributed by atoms with E-state index < -0.39 is 0 Å². The van der Waals surface area contributed by atoms with Crippen LogP contribution < -0.4 is 15.8 Å². The van der Waals surface area contributed by atoms with Crippen LogP contribution in [0.1, 0.15) is 25.0 Å². The van der Waals surface area contributed by atoms with Crippen molar-refractivity contribution in [1.82, 2.24) is 5.32 Å². The Kier molecular flexibility index (Phi) is 8.26. The summed E-state index contributed by atoms with van der Waals surface area (Å²) in [4.78, 5) is 11.7. The fourth-order valence-corrected chi connectivity index (χ4v) is 1.76. The van der Waals surface area contributed by atoms with E-state index in [0.717, 1.165) is 5.75 Å². The van der Waals surface area contributed by atoms with Gasteiger partial charge >= 0.3 is 0 Å². The lowest BCUT2D eigenvalue weighted by molar-refractivity contribution is -0.125. The van der Waals surface area contributed by atoms with Crippen LogP contribution >= 0.6 is 12.4 Å². The zero-order valence-corrected chi connectivity index (χ0v) is 13.4. The van der Waals surface area contributed by atoms with Gasteiger partial charge in [0.25, 0.3) is 0 Å². The highest BCUT2D eigenvalue weighted by Crippen LogP contribution is 2.15. The van der Waals surface area contributed by atoms with Gasteiger partial charge in [-0.25, -0.2) is 0 Å². The Labute approximate surface area is 127 Å². The highest BCUT2D eigenvalue weighted by molar-refractivity contribution is 5.85. The van der Waals surface area contributed by atoms with E-state index in [4.69, 9.17) is 10.5 Å². The molecular formula is C15H25ClN2O2. The van der Waals surface area contributed by atoms with Crippen molar-refractivity contribution in [3.63, 3.8) is 0 Å². The summed E-state index contributed by atoms with van der Waals surface area (Å²) >= 11 is 0.